The molecule has 162 valence electrons. The smallest absolute Gasteiger partial charge is 0.407 e. The van der Waals surface area contributed by atoms with Gasteiger partial charge in [-0.05, 0) is 55.0 Å². The number of rotatable bonds is 7. The van der Waals surface area contributed by atoms with Crippen LogP contribution in [0.4, 0.5) is 15.0 Å². The molecule has 1 N–H and O–H groups in total. The molecule has 1 amide bonds. The third kappa shape index (κ3) is 5.58. The highest BCUT2D eigenvalue weighted by molar-refractivity contribution is 7.09. The van der Waals surface area contributed by atoms with Crippen molar-refractivity contribution in [1.29, 1.82) is 0 Å². The molecule has 8 heteroatoms. The van der Waals surface area contributed by atoms with Gasteiger partial charge in [0, 0.05) is 43.0 Å². The van der Waals surface area contributed by atoms with Crippen LogP contribution in [0.1, 0.15) is 24.3 Å². The van der Waals surface area contributed by atoms with E-state index < -0.39 is 6.09 Å². The van der Waals surface area contributed by atoms with Gasteiger partial charge in [0.1, 0.15) is 16.6 Å². The Kier molecular flexibility index (Phi) is 6.76. The van der Waals surface area contributed by atoms with Crippen molar-refractivity contribution in [2.75, 3.05) is 24.5 Å². The van der Waals surface area contributed by atoms with E-state index in [4.69, 9.17) is 0 Å². The lowest BCUT2D eigenvalue weighted by Gasteiger charge is -2.33. The van der Waals surface area contributed by atoms with Crippen LogP contribution < -0.4 is 4.90 Å². The Labute approximate surface area is 185 Å². The fourth-order valence-electron chi connectivity index (χ4n) is 3.91. The van der Waals surface area contributed by atoms with E-state index >= 15 is 0 Å². The highest BCUT2D eigenvalue weighted by Gasteiger charge is 2.22. The lowest BCUT2D eigenvalue weighted by Crippen LogP contribution is -2.36. The lowest BCUT2D eigenvalue weighted by molar-refractivity contribution is 0.137. The molecule has 0 aliphatic carbocycles. The number of anilines is 1. The Bertz CT molecular complexity index is 972. The Morgan fingerprint density at radius 3 is 2.48 bits per heavy atom. The van der Waals surface area contributed by atoms with E-state index in [0.717, 1.165) is 54.3 Å². The molecule has 0 atom stereocenters. The SMILES string of the molecule is O=C(O)N(CCC1CCN(c2ccc(-c3ccc(F)cc3)cn2)CC1)Cc1nccs1. The zero-order valence-electron chi connectivity index (χ0n) is 17.2. The second kappa shape index (κ2) is 9.87. The van der Waals surface area contributed by atoms with Crippen molar-refractivity contribution in [2.45, 2.75) is 25.8 Å². The monoisotopic (exact) mass is 440 g/mol. The number of pyridine rings is 1. The van der Waals surface area contributed by atoms with Gasteiger partial charge < -0.3 is 14.9 Å². The molecule has 0 unspecified atom stereocenters. The standard InChI is InChI=1S/C23H25FN4O2S/c24-20-4-1-18(2-5-20)19-3-6-21(26-15-19)27-11-7-17(8-12-27)9-13-28(23(29)30)16-22-25-10-14-31-22/h1-6,10,14-15,17H,7-9,11-13,16H2,(H,29,30). The lowest BCUT2D eigenvalue weighted by atomic mass is 9.93. The number of hydrogen-bond donors (Lipinski definition) is 1. The van der Waals surface area contributed by atoms with Crippen LogP contribution in [0.5, 0.6) is 0 Å². The zero-order valence-corrected chi connectivity index (χ0v) is 18.0. The molecular formula is C23H25FN4O2S. The Balaban J connectivity index is 1.27. The third-order valence-electron chi connectivity index (χ3n) is 5.75. The number of piperidine rings is 1. The number of carboxylic acid groups (broad SMARTS) is 1. The highest BCUT2D eigenvalue weighted by Crippen LogP contribution is 2.26. The van der Waals surface area contributed by atoms with Crippen molar-refractivity contribution < 1.29 is 14.3 Å². The maximum absolute atomic E-state index is 13.1. The van der Waals surface area contributed by atoms with Gasteiger partial charge in [-0.15, -0.1) is 11.3 Å². The van der Waals surface area contributed by atoms with Gasteiger partial charge in [-0.3, -0.25) is 0 Å². The van der Waals surface area contributed by atoms with Crippen molar-refractivity contribution >= 4 is 23.2 Å². The molecule has 1 aromatic carbocycles. The summed E-state index contributed by atoms with van der Waals surface area (Å²) in [5.74, 6) is 1.21. The van der Waals surface area contributed by atoms with Gasteiger partial charge in [0.25, 0.3) is 0 Å². The van der Waals surface area contributed by atoms with Crippen molar-refractivity contribution in [3.05, 3.63) is 65.0 Å². The highest BCUT2D eigenvalue weighted by atomic mass is 32.1. The molecule has 2 aromatic heterocycles. The number of nitrogens with zero attached hydrogens (tertiary/aromatic N) is 4. The van der Waals surface area contributed by atoms with Crippen LogP contribution >= 0.6 is 11.3 Å². The van der Waals surface area contributed by atoms with Crippen LogP contribution in [0, 0.1) is 11.7 Å². The predicted octanol–water partition coefficient (Wildman–Crippen LogP) is 5.13. The van der Waals surface area contributed by atoms with Gasteiger partial charge in [-0.2, -0.15) is 0 Å². The maximum Gasteiger partial charge on any atom is 0.407 e. The molecule has 31 heavy (non-hydrogen) atoms. The summed E-state index contributed by atoms with van der Waals surface area (Å²) in [5.41, 5.74) is 1.91. The number of halogens is 1. The first-order valence-corrected chi connectivity index (χ1v) is 11.3. The summed E-state index contributed by atoms with van der Waals surface area (Å²) in [6.07, 6.45) is 5.55. The quantitative estimate of drug-likeness (QED) is 0.551. The molecule has 0 saturated carbocycles. The first-order valence-electron chi connectivity index (χ1n) is 10.4. The van der Waals surface area contributed by atoms with Crippen LogP contribution in [0.2, 0.25) is 0 Å². The first-order chi connectivity index (χ1) is 15.1. The summed E-state index contributed by atoms with van der Waals surface area (Å²) in [6.45, 7) is 2.71. The van der Waals surface area contributed by atoms with Crippen LogP contribution in [-0.2, 0) is 6.54 Å². The fraction of sp³-hybridized carbons (Fsp3) is 0.348. The Hall–Kier alpha value is -3.00. The number of benzene rings is 1. The summed E-state index contributed by atoms with van der Waals surface area (Å²) in [5, 5.41) is 12.2. The number of hydrogen-bond acceptors (Lipinski definition) is 5. The molecule has 1 saturated heterocycles. The van der Waals surface area contributed by atoms with Gasteiger partial charge in [0.15, 0.2) is 0 Å². The molecule has 0 spiro atoms. The van der Waals surface area contributed by atoms with Crippen molar-refractivity contribution in [3.8, 4) is 11.1 Å². The summed E-state index contributed by atoms with van der Waals surface area (Å²) in [6, 6.07) is 10.5. The molecule has 3 heterocycles. The average Bonchev–Trinajstić information content (AvgIpc) is 3.31. The van der Waals surface area contributed by atoms with Gasteiger partial charge in [-0.1, -0.05) is 12.1 Å². The largest absolute Gasteiger partial charge is 0.465 e. The normalized spacial score (nSPS) is 14.5. The number of amides is 1. The van der Waals surface area contributed by atoms with Crippen LogP contribution in [-0.4, -0.2) is 45.7 Å². The predicted molar refractivity (Wildman–Crippen MR) is 120 cm³/mol. The van der Waals surface area contributed by atoms with Crippen molar-refractivity contribution in [3.63, 3.8) is 0 Å². The fourth-order valence-corrected chi connectivity index (χ4v) is 4.54. The Morgan fingerprint density at radius 2 is 1.87 bits per heavy atom. The maximum atomic E-state index is 13.1. The summed E-state index contributed by atoms with van der Waals surface area (Å²) < 4.78 is 13.1. The van der Waals surface area contributed by atoms with E-state index in [1.54, 1.807) is 18.3 Å². The minimum Gasteiger partial charge on any atom is -0.465 e. The minimum atomic E-state index is -0.891. The van der Waals surface area contributed by atoms with Gasteiger partial charge in [0.05, 0.1) is 6.54 Å². The van der Waals surface area contributed by atoms with E-state index in [0.29, 0.717) is 19.0 Å². The van der Waals surface area contributed by atoms with E-state index in [-0.39, 0.29) is 5.82 Å². The second-order valence-corrected chi connectivity index (χ2v) is 8.74. The van der Waals surface area contributed by atoms with E-state index in [9.17, 15) is 14.3 Å². The summed E-state index contributed by atoms with van der Waals surface area (Å²) in [7, 11) is 0. The number of carbonyl (C=O) groups is 1. The minimum absolute atomic E-state index is 0.245. The van der Waals surface area contributed by atoms with E-state index in [2.05, 4.69) is 14.9 Å². The first kappa shape index (κ1) is 21.2. The summed E-state index contributed by atoms with van der Waals surface area (Å²) >= 11 is 1.48. The average molecular weight is 441 g/mol. The molecule has 0 bridgehead atoms. The third-order valence-corrected chi connectivity index (χ3v) is 6.52. The topological polar surface area (TPSA) is 69.6 Å². The number of aromatic nitrogens is 2. The molecular weight excluding hydrogens is 415 g/mol. The second-order valence-electron chi connectivity index (χ2n) is 7.76. The molecule has 4 rings (SSSR count). The van der Waals surface area contributed by atoms with Gasteiger partial charge in [0.2, 0.25) is 0 Å². The molecule has 1 aliphatic heterocycles. The van der Waals surface area contributed by atoms with E-state index in [1.165, 1.54) is 28.4 Å². The molecule has 0 radical (unpaired) electrons. The summed E-state index contributed by atoms with van der Waals surface area (Å²) in [4.78, 5) is 24.1. The van der Waals surface area contributed by atoms with Crippen molar-refractivity contribution in [1.82, 2.24) is 14.9 Å². The molecule has 6 nitrogen and oxygen atoms in total. The van der Waals surface area contributed by atoms with Crippen LogP contribution in [0.25, 0.3) is 11.1 Å². The Morgan fingerprint density at radius 1 is 1.13 bits per heavy atom. The van der Waals surface area contributed by atoms with Crippen molar-refractivity contribution in [2.24, 2.45) is 5.92 Å². The van der Waals surface area contributed by atoms with Crippen LogP contribution in [0.3, 0.4) is 0 Å². The van der Waals surface area contributed by atoms with E-state index in [1.807, 2.05) is 23.7 Å². The molecule has 1 fully saturated rings. The van der Waals surface area contributed by atoms with Crippen LogP contribution in [0.15, 0.2) is 54.2 Å². The molecule has 1 aliphatic rings. The van der Waals surface area contributed by atoms with Gasteiger partial charge in [-0.25, -0.2) is 19.2 Å². The zero-order chi connectivity index (χ0) is 21.6. The number of thiazole rings is 1. The van der Waals surface area contributed by atoms with Gasteiger partial charge >= 0.3 is 6.09 Å². The molecule has 3 aromatic rings.